The summed E-state index contributed by atoms with van der Waals surface area (Å²) < 4.78 is 90.2. The molecule has 17 heteroatoms. The number of halogens is 3. The van der Waals surface area contributed by atoms with Gasteiger partial charge in [0.25, 0.3) is 10.0 Å². The summed E-state index contributed by atoms with van der Waals surface area (Å²) in [5.74, 6) is -3.27. The number of carboxylic acids is 2. The monoisotopic (exact) mass is 729 g/mol. The molecule has 6 N–H and O–H groups in total. The molecule has 5 aromatic carbocycles. The molecule has 0 atom stereocenters. The van der Waals surface area contributed by atoms with Crippen LogP contribution in [0.3, 0.4) is 0 Å². The molecule has 12 nitrogen and oxygen atoms in total. The molecule has 260 valence electrons. The quantitative estimate of drug-likeness (QED) is 0.0866. The number of aromatic carboxylic acids is 1. The van der Waals surface area contributed by atoms with Gasteiger partial charge in [0.05, 0.1) is 15.4 Å². The number of nitrogens with two attached hydrogens (primary N) is 1. The van der Waals surface area contributed by atoms with Crippen LogP contribution in [0.15, 0.2) is 113 Å². The van der Waals surface area contributed by atoms with Gasteiger partial charge < -0.3 is 20.7 Å². The lowest BCUT2D eigenvalue weighted by Gasteiger charge is -2.16. The summed E-state index contributed by atoms with van der Waals surface area (Å²) in [7, 11) is -7.64. The summed E-state index contributed by atoms with van der Waals surface area (Å²) in [5.41, 5.74) is 6.91. The van der Waals surface area contributed by atoms with Crippen LogP contribution in [0.2, 0.25) is 0 Å². The predicted molar refractivity (Wildman–Crippen MR) is 178 cm³/mol. The number of nitrogens with one attached hydrogen (secondary N) is 2. The molecule has 0 aliphatic heterocycles. The molecule has 0 spiro atoms. The first kappa shape index (κ1) is 36.9. The summed E-state index contributed by atoms with van der Waals surface area (Å²) in [6.45, 7) is 0. The fourth-order valence-electron chi connectivity index (χ4n) is 4.46. The lowest BCUT2D eigenvalue weighted by Crippen LogP contribution is -2.21. The van der Waals surface area contributed by atoms with Gasteiger partial charge in [-0.3, -0.25) is 10.1 Å². The second-order valence-corrected chi connectivity index (χ2v) is 14.2. The second-order valence-electron chi connectivity index (χ2n) is 10.5. The van der Waals surface area contributed by atoms with Crippen LogP contribution in [0.4, 0.5) is 18.9 Å². The molecule has 0 fully saturated rings. The Bertz CT molecular complexity index is 2350. The van der Waals surface area contributed by atoms with Crippen molar-refractivity contribution in [2.75, 3.05) is 11.0 Å². The van der Waals surface area contributed by atoms with Gasteiger partial charge in [-0.25, -0.2) is 26.4 Å². The largest absolute Gasteiger partial charge is 0.490 e. The number of fused-ring (bicyclic) bond motifs is 1. The maximum atomic E-state index is 13.1. The highest BCUT2D eigenvalue weighted by Gasteiger charge is 2.38. The lowest BCUT2D eigenvalue weighted by atomic mass is 9.98. The normalized spacial score (nSPS) is 11.6. The molecule has 0 aromatic heterocycles. The minimum atomic E-state index is -5.08. The molecule has 0 heterocycles. The maximum Gasteiger partial charge on any atom is 0.490 e. The topological polar surface area (TPSA) is 214 Å². The third-order valence-corrected chi connectivity index (χ3v) is 9.36. The third kappa shape index (κ3) is 8.94. The van der Waals surface area contributed by atoms with Crippen molar-refractivity contribution >= 4 is 54.1 Å². The zero-order valence-corrected chi connectivity index (χ0v) is 27.2. The lowest BCUT2D eigenvalue weighted by molar-refractivity contribution is -0.192. The average Bonchev–Trinajstić information content (AvgIpc) is 3.04. The molecule has 5 aromatic rings. The van der Waals surface area contributed by atoms with E-state index in [-0.39, 0.29) is 32.6 Å². The number of aliphatic carboxylic acids is 1. The first-order valence-corrected chi connectivity index (χ1v) is 17.3. The molecule has 0 saturated heterocycles. The molecule has 0 unspecified atom stereocenters. The minimum absolute atomic E-state index is 0.0148. The average molecular weight is 730 g/mol. The molecular formula is C33H26F3N3O9S2. The summed E-state index contributed by atoms with van der Waals surface area (Å²) in [4.78, 5) is 20.8. The molecule has 0 radical (unpaired) electrons. The Hall–Kier alpha value is -5.94. The van der Waals surface area contributed by atoms with E-state index < -0.39 is 38.0 Å². The van der Waals surface area contributed by atoms with Gasteiger partial charge in [0.1, 0.15) is 17.3 Å². The highest BCUT2D eigenvalue weighted by Crippen LogP contribution is 2.38. The van der Waals surface area contributed by atoms with Crippen LogP contribution >= 0.6 is 0 Å². The molecular weight excluding hydrogens is 704 g/mol. The van der Waals surface area contributed by atoms with Gasteiger partial charge in [-0.2, -0.15) is 13.2 Å². The number of ether oxygens (including phenoxy) is 1. The van der Waals surface area contributed by atoms with Gasteiger partial charge in [0.2, 0.25) is 0 Å². The highest BCUT2D eigenvalue weighted by molar-refractivity contribution is 7.92. The maximum absolute atomic E-state index is 13.1. The van der Waals surface area contributed by atoms with Gasteiger partial charge in [-0.15, -0.1) is 0 Å². The van der Waals surface area contributed by atoms with E-state index in [4.69, 9.17) is 25.8 Å². The summed E-state index contributed by atoms with van der Waals surface area (Å²) in [6.07, 6.45) is -4.06. The fourth-order valence-corrected chi connectivity index (χ4v) is 6.14. The Morgan fingerprint density at radius 1 is 0.780 bits per heavy atom. The first-order valence-electron chi connectivity index (χ1n) is 13.9. The zero-order chi connectivity index (χ0) is 37.0. The van der Waals surface area contributed by atoms with Crippen molar-refractivity contribution in [2.45, 2.75) is 16.0 Å². The van der Waals surface area contributed by atoms with E-state index >= 15 is 0 Å². The van der Waals surface area contributed by atoms with Crippen LogP contribution < -0.4 is 15.2 Å². The first-order chi connectivity index (χ1) is 23.3. The number of alkyl halides is 3. The molecule has 0 aliphatic rings. The number of carboxylic acid groups (broad SMARTS) is 2. The number of sulfone groups is 1. The Labute approximate surface area is 283 Å². The standard InChI is InChI=1S/C31H25N3O7S2.C2HF3O2/c1-42(37,38)24-11-13-25(14-12-24)43(39,40)34-22-9-15-29(28(18-22)26-4-2-3-5-27(26)31(35)36)41-23-10-8-19-16-21(30(32)33)7-6-20(19)17-23;3-2(4,5)1(6)7/h2-18,34H,1H3,(H3,32,33)(H,35,36);(H,6,7). The number of amidine groups is 1. The van der Waals surface area contributed by atoms with Crippen molar-refractivity contribution in [1.82, 2.24) is 0 Å². The molecule has 0 saturated carbocycles. The number of rotatable bonds is 9. The van der Waals surface area contributed by atoms with E-state index in [0.717, 1.165) is 17.0 Å². The summed E-state index contributed by atoms with van der Waals surface area (Å²) >= 11 is 0. The zero-order valence-electron chi connectivity index (χ0n) is 25.6. The molecule has 0 amide bonds. The van der Waals surface area contributed by atoms with E-state index in [0.29, 0.717) is 22.4 Å². The Morgan fingerprint density at radius 3 is 1.94 bits per heavy atom. The predicted octanol–water partition coefficient (Wildman–Crippen LogP) is 6.12. The third-order valence-electron chi connectivity index (χ3n) is 6.83. The van der Waals surface area contributed by atoms with E-state index in [1.54, 1.807) is 54.6 Å². The highest BCUT2D eigenvalue weighted by atomic mass is 32.2. The molecule has 0 aliphatic carbocycles. The SMILES string of the molecule is CS(=O)(=O)c1ccc(S(=O)(=O)Nc2ccc(Oc3ccc4cc(C(=N)N)ccc4c3)c(-c3ccccc3C(=O)O)c2)cc1.O=C(O)C(F)(F)F. The second kappa shape index (κ2) is 14.3. The number of nitrogen functional groups attached to an aromatic ring is 1. The van der Waals surface area contributed by atoms with Crippen LogP contribution in [0.1, 0.15) is 15.9 Å². The summed E-state index contributed by atoms with van der Waals surface area (Å²) in [5, 5.41) is 26.3. The minimum Gasteiger partial charge on any atom is -0.478 e. The number of hydrogen-bond donors (Lipinski definition) is 5. The van der Waals surface area contributed by atoms with Gasteiger partial charge in [-0.05, 0) is 83.1 Å². The Balaban J connectivity index is 0.000000727. The van der Waals surface area contributed by atoms with Crippen LogP contribution in [-0.2, 0) is 24.7 Å². The van der Waals surface area contributed by atoms with Crippen LogP contribution in [-0.4, -0.2) is 57.3 Å². The van der Waals surface area contributed by atoms with E-state index in [9.17, 15) is 39.9 Å². The summed E-state index contributed by atoms with van der Waals surface area (Å²) in [6, 6.07) is 26.2. The molecule has 5 rings (SSSR count). The Morgan fingerprint density at radius 2 is 1.36 bits per heavy atom. The number of benzene rings is 5. The Kier molecular flexibility index (Phi) is 10.5. The molecule has 0 bridgehead atoms. The number of sulfonamides is 1. The van der Waals surface area contributed by atoms with Crippen LogP contribution in [0.25, 0.3) is 21.9 Å². The number of anilines is 1. The van der Waals surface area contributed by atoms with Crippen molar-refractivity contribution in [2.24, 2.45) is 5.73 Å². The van der Waals surface area contributed by atoms with E-state index in [1.165, 1.54) is 48.5 Å². The van der Waals surface area contributed by atoms with E-state index in [2.05, 4.69) is 4.72 Å². The number of carbonyl (C=O) groups is 2. The van der Waals surface area contributed by atoms with Crippen molar-refractivity contribution < 1.29 is 54.5 Å². The number of hydrogen-bond acceptors (Lipinski definition) is 8. The fraction of sp³-hybridized carbons (Fsp3) is 0.0606. The van der Waals surface area contributed by atoms with Gasteiger partial charge in [-0.1, -0.05) is 36.4 Å². The molecule has 50 heavy (non-hydrogen) atoms. The smallest absolute Gasteiger partial charge is 0.478 e. The van der Waals surface area contributed by atoms with Crippen LogP contribution in [0.5, 0.6) is 11.5 Å². The van der Waals surface area contributed by atoms with Gasteiger partial charge in [0, 0.05) is 23.1 Å². The van der Waals surface area contributed by atoms with E-state index in [1.807, 2.05) is 0 Å². The van der Waals surface area contributed by atoms with Crippen molar-refractivity contribution in [3.8, 4) is 22.6 Å². The van der Waals surface area contributed by atoms with Crippen LogP contribution in [0, 0.1) is 5.41 Å². The van der Waals surface area contributed by atoms with Crippen molar-refractivity contribution in [3.63, 3.8) is 0 Å². The van der Waals surface area contributed by atoms with Gasteiger partial charge in [0.15, 0.2) is 9.84 Å². The van der Waals surface area contributed by atoms with Crippen molar-refractivity contribution in [1.29, 1.82) is 5.41 Å². The van der Waals surface area contributed by atoms with Crippen molar-refractivity contribution in [3.05, 3.63) is 114 Å². The van der Waals surface area contributed by atoms with Gasteiger partial charge >= 0.3 is 18.1 Å².